The molecular weight excluding hydrogens is 402 g/mol. The van der Waals surface area contributed by atoms with E-state index in [0.29, 0.717) is 16.7 Å². The molecule has 140 valence electrons. The van der Waals surface area contributed by atoms with Crippen molar-refractivity contribution in [3.8, 4) is 11.4 Å². The van der Waals surface area contributed by atoms with E-state index < -0.39 is 0 Å². The molecule has 0 saturated carbocycles. The van der Waals surface area contributed by atoms with Gasteiger partial charge in [-0.05, 0) is 55.1 Å². The molecule has 0 bridgehead atoms. The summed E-state index contributed by atoms with van der Waals surface area (Å²) in [4.78, 5) is 13.1. The average molecular weight is 420 g/mol. The van der Waals surface area contributed by atoms with Gasteiger partial charge in [-0.25, -0.2) is 5.43 Å². The van der Waals surface area contributed by atoms with E-state index in [1.165, 1.54) is 11.8 Å². The summed E-state index contributed by atoms with van der Waals surface area (Å²) in [6.07, 6.45) is 1.66. The quantitative estimate of drug-likeness (QED) is 0.353. The van der Waals surface area contributed by atoms with Crippen LogP contribution in [0, 0.1) is 6.92 Å². The summed E-state index contributed by atoms with van der Waals surface area (Å²) in [6, 6.07) is 9.46. The van der Waals surface area contributed by atoms with Crippen LogP contribution in [0.5, 0.6) is 0 Å². The third kappa shape index (κ3) is 4.97. The first-order valence-corrected chi connectivity index (χ1v) is 10.5. The Morgan fingerprint density at radius 1 is 1.33 bits per heavy atom. The van der Waals surface area contributed by atoms with Crippen LogP contribution in [0.3, 0.4) is 0 Å². The summed E-state index contributed by atoms with van der Waals surface area (Å²) in [5.41, 5.74) is 4.61. The standard InChI is InChI=1S/C18H18ClN5OS2/c1-3-24-17(13-4-6-14(19)7-5-13)22-23-18(24)27-11-16(25)21-20-10-15-12(2)8-9-26-15/h4-10H,3,11H2,1-2H3,(H,21,25)/b20-10+. The Kier molecular flexibility index (Phi) is 6.65. The molecule has 3 aromatic rings. The van der Waals surface area contributed by atoms with Crippen molar-refractivity contribution in [1.29, 1.82) is 0 Å². The van der Waals surface area contributed by atoms with Gasteiger partial charge in [-0.3, -0.25) is 4.79 Å². The van der Waals surface area contributed by atoms with Gasteiger partial charge in [-0.2, -0.15) is 5.10 Å². The number of halogens is 1. The molecule has 1 N–H and O–H groups in total. The highest BCUT2D eigenvalue weighted by Gasteiger charge is 2.14. The molecule has 6 nitrogen and oxygen atoms in total. The number of rotatable bonds is 7. The highest BCUT2D eigenvalue weighted by Crippen LogP contribution is 2.25. The van der Waals surface area contributed by atoms with Crippen LogP contribution < -0.4 is 5.43 Å². The summed E-state index contributed by atoms with van der Waals surface area (Å²) in [6.45, 7) is 4.72. The molecule has 1 aromatic carbocycles. The lowest BCUT2D eigenvalue weighted by Crippen LogP contribution is -2.20. The molecule has 0 radical (unpaired) electrons. The Balaban J connectivity index is 1.61. The van der Waals surface area contributed by atoms with Gasteiger partial charge < -0.3 is 4.57 Å². The summed E-state index contributed by atoms with van der Waals surface area (Å²) in [5.74, 6) is 0.770. The second-order valence-electron chi connectivity index (χ2n) is 5.61. The lowest BCUT2D eigenvalue weighted by atomic mass is 10.2. The number of thioether (sulfide) groups is 1. The number of hydrazone groups is 1. The summed E-state index contributed by atoms with van der Waals surface area (Å²) in [7, 11) is 0. The highest BCUT2D eigenvalue weighted by atomic mass is 35.5. The Morgan fingerprint density at radius 3 is 2.78 bits per heavy atom. The molecule has 0 aliphatic heterocycles. The topological polar surface area (TPSA) is 72.2 Å². The van der Waals surface area contributed by atoms with Crippen molar-refractivity contribution in [2.24, 2.45) is 5.10 Å². The van der Waals surface area contributed by atoms with Crippen molar-refractivity contribution < 1.29 is 4.79 Å². The predicted molar refractivity (Wildman–Crippen MR) is 112 cm³/mol. The van der Waals surface area contributed by atoms with Crippen LogP contribution in [0.2, 0.25) is 5.02 Å². The molecular formula is C18H18ClN5OS2. The number of hydrogen-bond acceptors (Lipinski definition) is 6. The highest BCUT2D eigenvalue weighted by molar-refractivity contribution is 7.99. The van der Waals surface area contributed by atoms with Gasteiger partial charge in [0.05, 0.1) is 12.0 Å². The zero-order valence-electron chi connectivity index (χ0n) is 14.8. The first kappa shape index (κ1) is 19.6. The minimum atomic E-state index is -0.191. The number of hydrogen-bond donors (Lipinski definition) is 1. The SMILES string of the molecule is CCn1c(SCC(=O)N/N=C/c2sccc2C)nnc1-c1ccc(Cl)cc1. The number of aryl methyl sites for hydroxylation is 1. The monoisotopic (exact) mass is 419 g/mol. The Hall–Kier alpha value is -2.16. The van der Waals surface area contributed by atoms with Crippen molar-refractivity contribution in [3.63, 3.8) is 0 Å². The van der Waals surface area contributed by atoms with Gasteiger partial charge in [0.25, 0.3) is 5.91 Å². The number of carbonyl (C=O) groups excluding carboxylic acids is 1. The number of aromatic nitrogens is 3. The number of carbonyl (C=O) groups is 1. The van der Waals surface area contributed by atoms with Crippen LogP contribution >= 0.6 is 34.7 Å². The van der Waals surface area contributed by atoms with Gasteiger partial charge in [0.1, 0.15) is 0 Å². The van der Waals surface area contributed by atoms with Crippen LogP contribution in [-0.4, -0.2) is 32.6 Å². The smallest absolute Gasteiger partial charge is 0.250 e. The molecule has 0 spiro atoms. The van der Waals surface area contributed by atoms with Crippen molar-refractivity contribution in [2.75, 3.05) is 5.75 Å². The van der Waals surface area contributed by atoms with Crippen molar-refractivity contribution in [2.45, 2.75) is 25.5 Å². The second-order valence-corrected chi connectivity index (χ2v) is 7.93. The van der Waals surface area contributed by atoms with Crippen LogP contribution in [0.4, 0.5) is 0 Å². The van der Waals surface area contributed by atoms with Crippen molar-refractivity contribution in [1.82, 2.24) is 20.2 Å². The number of benzene rings is 1. The second kappa shape index (κ2) is 9.16. The largest absolute Gasteiger partial charge is 0.302 e. The maximum absolute atomic E-state index is 12.0. The van der Waals surface area contributed by atoms with Gasteiger partial charge in [0.2, 0.25) is 0 Å². The first-order valence-electron chi connectivity index (χ1n) is 8.26. The summed E-state index contributed by atoms with van der Waals surface area (Å²) < 4.78 is 1.97. The number of amides is 1. The zero-order chi connectivity index (χ0) is 19.2. The maximum Gasteiger partial charge on any atom is 0.250 e. The molecule has 0 fully saturated rings. The summed E-state index contributed by atoms with van der Waals surface area (Å²) >= 11 is 8.85. The van der Waals surface area contributed by atoms with Gasteiger partial charge in [0, 0.05) is 22.0 Å². The Bertz CT molecular complexity index is 949. The van der Waals surface area contributed by atoms with Crippen molar-refractivity contribution >= 4 is 46.8 Å². The van der Waals surface area contributed by atoms with E-state index in [9.17, 15) is 4.79 Å². The molecule has 0 aliphatic carbocycles. The molecule has 2 aromatic heterocycles. The molecule has 2 heterocycles. The van der Waals surface area contributed by atoms with E-state index >= 15 is 0 Å². The molecule has 1 amide bonds. The average Bonchev–Trinajstić information content (AvgIpc) is 3.26. The number of nitrogens with zero attached hydrogens (tertiary/aromatic N) is 4. The molecule has 0 unspecified atom stereocenters. The minimum Gasteiger partial charge on any atom is -0.302 e. The normalized spacial score (nSPS) is 11.2. The van der Waals surface area contributed by atoms with Crippen LogP contribution in [0.1, 0.15) is 17.4 Å². The van der Waals surface area contributed by atoms with E-state index in [-0.39, 0.29) is 11.7 Å². The summed E-state index contributed by atoms with van der Waals surface area (Å²) in [5, 5.41) is 15.8. The first-order chi connectivity index (χ1) is 13.1. The van der Waals surface area contributed by atoms with Gasteiger partial charge in [-0.1, -0.05) is 23.4 Å². The van der Waals surface area contributed by atoms with Gasteiger partial charge in [0.15, 0.2) is 11.0 Å². The van der Waals surface area contributed by atoms with Crippen molar-refractivity contribution in [3.05, 3.63) is 51.2 Å². The minimum absolute atomic E-state index is 0.191. The van der Waals surface area contributed by atoms with E-state index in [0.717, 1.165) is 21.8 Å². The van der Waals surface area contributed by atoms with Crippen LogP contribution in [-0.2, 0) is 11.3 Å². The predicted octanol–water partition coefficient (Wildman–Crippen LogP) is 4.23. The Labute approximate surface area is 170 Å². The van der Waals surface area contributed by atoms with Gasteiger partial charge >= 0.3 is 0 Å². The fourth-order valence-corrected chi connectivity index (χ4v) is 4.04. The third-order valence-corrected chi connectivity index (χ3v) is 5.91. The van der Waals surface area contributed by atoms with E-state index in [4.69, 9.17) is 11.6 Å². The molecule has 0 saturated heterocycles. The third-order valence-electron chi connectivity index (χ3n) is 3.74. The Morgan fingerprint density at radius 2 is 2.11 bits per heavy atom. The van der Waals surface area contributed by atoms with E-state index in [2.05, 4.69) is 20.7 Å². The molecule has 27 heavy (non-hydrogen) atoms. The molecule has 0 aliphatic rings. The molecule has 3 rings (SSSR count). The van der Waals surface area contributed by atoms with Crippen LogP contribution in [0.25, 0.3) is 11.4 Å². The lowest BCUT2D eigenvalue weighted by Gasteiger charge is -2.07. The molecule has 9 heteroatoms. The zero-order valence-corrected chi connectivity index (χ0v) is 17.2. The van der Waals surface area contributed by atoms with Crippen LogP contribution in [0.15, 0.2) is 46.0 Å². The fraction of sp³-hybridized carbons (Fsp3) is 0.222. The maximum atomic E-state index is 12.0. The number of thiophene rings is 1. The van der Waals surface area contributed by atoms with E-state index in [1.807, 2.05) is 54.1 Å². The van der Waals surface area contributed by atoms with E-state index in [1.54, 1.807) is 17.6 Å². The lowest BCUT2D eigenvalue weighted by molar-refractivity contribution is -0.118. The van der Waals surface area contributed by atoms with Gasteiger partial charge in [-0.15, -0.1) is 21.5 Å². The molecule has 0 atom stereocenters. The number of nitrogens with one attached hydrogen (secondary N) is 1. The fourth-order valence-electron chi connectivity index (χ4n) is 2.34.